The summed E-state index contributed by atoms with van der Waals surface area (Å²) in [6, 6.07) is 8.66. The molecule has 0 saturated heterocycles. The Morgan fingerprint density at radius 3 is 2.86 bits per heavy atom. The average molecular weight is 433 g/mol. The number of sulfonamides is 1. The fourth-order valence-corrected chi connectivity index (χ4v) is 5.49. The van der Waals surface area contributed by atoms with Gasteiger partial charge in [-0.2, -0.15) is 0 Å². The minimum atomic E-state index is -3.98. The Hall–Kier alpha value is -2.49. The molecule has 0 saturated carbocycles. The highest BCUT2D eigenvalue weighted by Crippen LogP contribution is 2.33. The Balaban J connectivity index is 1.48. The Morgan fingerprint density at radius 2 is 2.07 bits per heavy atom. The molecule has 4 rings (SSSR count). The average Bonchev–Trinajstić information content (AvgIpc) is 3.15. The van der Waals surface area contributed by atoms with Gasteiger partial charge in [0.1, 0.15) is 5.58 Å². The lowest BCUT2D eigenvalue weighted by atomic mass is 9.87. The highest BCUT2D eigenvalue weighted by atomic mass is 32.2. The monoisotopic (exact) mass is 432 g/mol. The highest BCUT2D eigenvalue weighted by molar-refractivity contribution is 7.89. The molecular weight excluding hydrogens is 412 g/mol. The number of hydrogen-bond acceptors (Lipinski definition) is 6. The van der Waals surface area contributed by atoms with Crippen LogP contribution in [0.4, 0.5) is 0 Å². The number of amides is 1. The van der Waals surface area contributed by atoms with Crippen molar-refractivity contribution in [2.75, 3.05) is 0 Å². The van der Waals surface area contributed by atoms with Crippen molar-refractivity contribution < 1.29 is 17.6 Å². The number of carbonyl (C=O) groups is 1. The zero-order valence-electron chi connectivity index (χ0n) is 15.7. The van der Waals surface area contributed by atoms with Gasteiger partial charge in [0, 0.05) is 16.3 Å². The maximum Gasteiger partial charge on any atom is 0.336 e. The van der Waals surface area contributed by atoms with Crippen molar-refractivity contribution in [2.45, 2.75) is 37.5 Å². The second-order valence-corrected chi connectivity index (χ2v) is 9.91. The van der Waals surface area contributed by atoms with Gasteiger partial charge < -0.3 is 4.42 Å². The zero-order chi connectivity index (χ0) is 20.6. The maximum absolute atomic E-state index is 12.5. The molecule has 1 atom stereocenters. The van der Waals surface area contributed by atoms with Gasteiger partial charge in [-0.25, -0.2) is 13.2 Å². The first-order chi connectivity index (χ1) is 13.9. The van der Waals surface area contributed by atoms with E-state index in [1.165, 1.54) is 52.1 Å². The van der Waals surface area contributed by atoms with Crippen LogP contribution in [0.3, 0.4) is 0 Å². The van der Waals surface area contributed by atoms with Gasteiger partial charge >= 0.3 is 5.63 Å². The van der Waals surface area contributed by atoms with E-state index in [4.69, 9.17) is 4.42 Å². The van der Waals surface area contributed by atoms with Crippen LogP contribution in [0, 0.1) is 5.92 Å². The van der Waals surface area contributed by atoms with Crippen molar-refractivity contribution in [1.82, 2.24) is 10.3 Å². The molecule has 1 amide bonds. The van der Waals surface area contributed by atoms with Gasteiger partial charge in [0.15, 0.2) is 0 Å². The van der Waals surface area contributed by atoms with Crippen molar-refractivity contribution in [3.63, 3.8) is 0 Å². The van der Waals surface area contributed by atoms with Crippen molar-refractivity contribution in [3.05, 3.63) is 62.1 Å². The van der Waals surface area contributed by atoms with E-state index < -0.39 is 21.6 Å². The van der Waals surface area contributed by atoms with E-state index in [2.05, 4.69) is 17.2 Å². The minimum Gasteiger partial charge on any atom is -0.423 e. The molecule has 2 heterocycles. The molecule has 29 heavy (non-hydrogen) atoms. The first kappa shape index (κ1) is 19.8. The van der Waals surface area contributed by atoms with Gasteiger partial charge in [-0.3, -0.25) is 10.2 Å². The standard InChI is InChI=1S/C20H20N2O5S2/c1-2-12-3-7-17-14(9-12)11-18(28-17)20(24)21-22-29(25,26)15-5-6-16-13(10-15)4-8-19(23)27-16/h4-6,8,10-12,22H,2-3,7,9H2,1H3,(H,21,24). The van der Waals surface area contributed by atoms with Crippen molar-refractivity contribution in [2.24, 2.45) is 5.92 Å². The molecule has 1 aliphatic carbocycles. The number of fused-ring (bicyclic) bond motifs is 2. The van der Waals surface area contributed by atoms with Crippen LogP contribution in [0.15, 0.2) is 50.5 Å². The summed E-state index contributed by atoms with van der Waals surface area (Å²) >= 11 is 1.42. The quantitative estimate of drug-likeness (QED) is 0.476. The van der Waals surface area contributed by atoms with Crippen LogP contribution in [-0.2, 0) is 22.9 Å². The number of benzene rings is 1. The van der Waals surface area contributed by atoms with Crippen LogP contribution in [0.1, 0.15) is 39.9 Å². The van der Waals surface area contributed by atoms with Gasteiger partial charge in [-0.05, 0) is 61.1 Å². The molecule has 0 aliphatic heterocycles. The van der Waals surface area contributed by atoms with Crippen molar-refractivity contribution >= 4 is 38.2 Å². The summed E-state index contributed by atoms with van der Waals surface area (Å²) in [6.45, 7) is 2.17. The summed E-state index contributed by atoms with van der Waals surface area (Å²) in [5.41, 5.74) is 3.26. The number of nitrogens with one attached hydrogen (secondary N) is 2. The predicted octanol–water partition coefficient (Wildman–Crippen LogP) is 2.99. The third kappa shape index (κ3) is 4.12. The molecule has 0 radical (unpaired) electrons. The number of hydrazine groups is 1. The smallest absolute Gasteiger partial charge is 0.336 e. The SMILES string of the molecule is CCC1CCc2sc(C(=O)NNS(=O)(=O)c3ccc4oc(=O)ccc4c3)cc2C1. The van der Waals surface area contributed by atoms with E-state index in [0.717, 1.165) is 25.7 Å². The van der Waals surface area contributed by atoms with Crippen LogP contribution in [0.25, 0.3) is 11.0 Å². The third-order valence-electron chi connectivity index (χ3n) is 5.19. The predicted molar refractivity (Wildman–Crippen MR) is 110 cm³/mol. The molecule has 9 heteroatoms. The van der Waals surface area contributed by atoms with Gasteiger partial charge in [0.2, 0.25) is 0 Å². The van der Waals surface area contributed by atoms with E-state index >= 15 is 0 Å². The number of aryl methyl sites for hydroxylation is 1. The second-order valence-electron chi connectivity index (χ2n) is 7.09. The van der Waals surface area contributed by atoms with Crippen LogP contribution in [0.2, 0.25) is 0 Å². The lowest BCUT2D eigenvalue weighted by Crippen LogP contribution is -2.41. The van der Waals surface area contributed by atoms with Gasteiger partial charge in [-0.15, -0.1) is 16.2 Å². The normalized spacial score (nSPS) is 16.5. The number of thiophene rings is 1. The molecule has 0 fully saturated rings. The first-order valence-electron chi connectivity index (χ1n) is 9.33. The van der Waals surface area contributed by atoms with Crippen LogP contribution >= 0.6 is 11.3 Å². The molecule has 3 aromatic rings. The first-order valence-corrected chi connectivity index (χ1v) is 11.6. The summed E-state index contributed by atoms with van der Waals surface area (Å²) in [7, 11) is -3.98. The molecule has 2 N–H and O–H groups in total. The molecule has 152 valence electrons. The van der Waals surface area contributed by atoms with Crippen LogP contribution in [0.5, 0.6) is 0 Å². The number of rotatable bonds is 5. The van der Waals surface area contributed by atoms with Gasteiger partial charge in [0.05, 0.1) is 9.77 Å². The highest BCUT2D eigenvalue weighted by Gasteiger charge is 2.23. The van der Waals surface area contributed by atoms with Crippen molar-refractivity contribution in [1.29, 1.82) is 0 Å². The minimum absolute atomic E-state index is 0.0459. The van der Waals surface area contributed by atoms with E-state index in [-0.39, 0.29) is 10.5 Å². The summed E-state index contributed by atoms with van der Waals surface area (Å²) in [5, 5.41) is 0.468. The Kier molecular flexibility index (Phi) is 5.28. The van der Waals surface area contributed by atoms with E-state index in [9.17, 15) is 18.0 Å². The maximum atomic E-state index is 12.5. The fraction of sp³-hybridized carbons (Fsp3) is 0.300. The summed E-state index contributed by atoms with van der Waals surface area (Å²) in [4.78, 5) is 27.5. The molecule has 0 spiro atoms. The van der Waals surface area contributed by atoms with Crippen molar-refractivity contribution in [3.8, 4) is 0 Å². The molecule has 0 bridgehead atoms. The van der Waals surface area contributed by atoms with Crippen LogP contribution in [-0.4, -0.2) is 14.3 Å². The fourth-order valence-electron chi connectivity index (χ4n) is 3.51. The third-order valence-corrected chi connectivity index (χ3v) is 7.67. The molecule has 1 aromatic carbocycles. The molecule has 1 aliphatic rings. The summed E-state index contributed by atoms with van der Waals surface area (Å²) in [5.74, 6) is 0.164. The van der Waals surface area contributed by atoms with Gasteiger partial charge in [0.25, 0.3) is 15.9 Å². The topological polar surface area (TPSA) is 105 Å². The second kappa shape index (κ2) is 7.74. The van der Waals surface area contributed by atoms with Gasteiger partial charge in [-0.1, -0.05) is 13.3 Å². The van der Waals surface area contributed by atoms with E-state index in [1.54, 1.807) is 0 Å². The molecule has 7 nitrogen and oxygen atoms in total. The summed E-state index contributed by atoms with van der Waals surface area (Å²) < 4.78 is 30.1. The Bertz CT molecular complexity index is 1240. The zero-order valence-corrected chi connectivity index (χ0v) is 17.4. The largest absolute Gasteiger partial charge is 0.423 e. The summed E-state index contributed by atoms with van der Waals surface area (Å²) in [6.07, 6.45) is 4.17. The lowest BCUT2D eigenvalue weighted by molar-refractivity contribution is 0.0949. The number of carbonyl (C=O) groups excluding carboxylic acids is 1. The van der Waals surface area contributed by atoms with E-state index in [0.29, 0.717) is 16.2 Å². The number of hydrogen-bond donors (Lipinski definition) is 2. The Labute approximate surface area is 171 Å². The Morgan fingerprint density at radius 1 is 1.24 bits per heavy atom. The molecule has 2 aromatic heterocycles. The van der Waals surface area contributed by atoms with Crippen LogP contribution < -0.4 is 15.9 Å². The molecule has 1 unspecified atom stereocenters. The van der Waals surface area contributed by atoms with E-state index in [1.807, 2.05) is 6.07 Å². The molecular formula is C20H20N2O5S2. The lowest BCUT2D eigenvalue weighted by Gasteiger charge is -2.19.